The van der Waals surface area contributed by atoms with Crippen molar-refractivity contribution in [3.05, 3.63) is 63.0 Å². The number of aromatic amines is 1. The number of carbonyl (C=O) groups excluding carboxylic acids is 1. The fourth-order valence-electron chi connectivity index (χ4n) is 1.96. The number of carbonyl (C=O) groups is 1. The normalized spacial score (nSPS) is 10.7. The number of nitrogens with one attached hydrogen (secondary N) is 2. The maximum absolute atomic E-state index is 12.0. The number of hydrogen-bond donors (Lipinski definition) is 2. The second kappa shape index (κ2) is 4.78. The molecule has 0 saturated heterocycles. The lowest BCUT2D eigenvalue weighted by molar-refractivity contribution is 0.102. The largest absolute Gasteiger partial charge is 0.419 e. The van der Waals surface area contributed by atoms with Gasteiger partial charge in [-0.2, -0.15) is 0 Å². The Kier molecular flexibility index (Phi) is 2.94. The van der Waals surface area contributed by atoms with Crippen LogP contribution >= 0.6 is 0 Å². The van der Waals surface area contributed by atoms with Crippen LogP contribution in [0.3, 0.4) is 0 Å². The molecule has 0 atom stereocenters. The zero-order valence-electron chi connectivity index (χ0n) is 11.0. The molecule has 0 fully saturated rings. The van der Waals surface area contributed by atoms with Gasteiger partial charge in [0.1, 0.15) is 0 Å². The molecule has 0 radical (unpaired) electrons. The van der Waals surface area contributed by atoms with Gasteiger partial charge >= 0.3 is 5.76 Å². The monoisotopic (exact) mass is 285 g/mol. The van der Waals surface area contributed by atoms with E-state index >= 15 is 0 Å². The van der Waals surface area contributed by atoms with Crippen molar-refractivity contribution < 1.29 is 9.21 Å². The predicted octanol–water partition coefficient (Wildman–Crippen LogP) is 1.07. The molecular formula is C14H11N3O4. The summed E-state index contributed by atoms with van der Waals surface area (Å²) in [6, 6.07) is 7.59. The predicted molar refractivity (Wildman–Crippen MR) is 76.5 cm³/mol. The minimum absolute atomic E-state index is 0.277. The summed E-state index contributed by atoms with van der Waals surface area (Å²) in [5, 5.41) is 2.69. The van der Waals surface area contributed by atoms with Crippen LogP contribution in [-0.4, -0.2) is 15.5 Å². The van der Waals surface area contributed by atoms with Gasteiger partial charge in [0.25, 0.3) is 5.91 Å². The Morgan fingerprint density at radius 2 is 2.05 bits per heavy atom. The number of aromatic nitrogens is 2. The molecule has 1 aromatic carbocycles. The summed E-state index contributed by atoms with van der Waals surface area (Å²) < 4.78 is 6.36. The maximum atomic E-state index is 12.0. The molecule has 0 bridgehead atoms. The van der Waals surface area contributed by atoms with Gasteiger partial charge in [0.2, 0.25) is 5.56 Å². The summed E-state index contributed by atoms with van der Waals surface area (Å²) in [6.45, 7) is 0. The summed E-state index contributed by atoms with van der Waals surface area (Å²) in [5.74, 6) is -0.826. The quantitative estimate of drug-likeness (QED) is 0.736. The molecule has 3 rings (SSSR count). The highest BCUT2D eigenvalue weighted by Gasteiger charge is 2.09. The van der Waals surface area contributed by atoms with Crippen molar-refractivity contribution in [1.82, 2.24) is 9.55 Å². The van der Waals surface area contributed by atoms with E-state index in [2.05, 4.69) is 10.3 Å². The number of nitrogens with zero attached hydrogens (tertiary/aromatic N) is 1. The number of aryl methyl sites for hydroxylation is 1. The van der Waals surface area contributed by atoms with E-state index < -0.39 is 5.76 Å². The molecule has 0 unspecified atom stereocenters. The Hall–Kier alpha value is -3.09. The smallest absolute Gasteiger partial charge is 0.408 e. The van der Waals surface area contributed by atoms with E-state index in [0.717, 1.165) is 0 Å². The summed E-state index contributed by atoms with van der Waals surface area (Å²) in [6.07, 6.45) is 1.34. The van der Waals surface area contributed by atoms with Gasteiger partial charge in [0, 0.05) is 25.0 Å². The standard InChI is InChI=1S/C14H11N3O4/c1-17-10-6-9(3-4-11(10)21-14(17)20)16-13(19)8-2-5-12(18)15-7-8/h2-7H,1H3,(H,15,18)(H,16,19). The minimum Gasteiger partial charge on any atom is -0.408 e. The molecule has 7 nitrogen and oxygen atoms in total. The SMILES string of the molecule is Cn1c(=O)oc2ccc(NC(=O)c3ccc(=O)[nH]c3)cc21. The van der Waals surface area contributed by atoms with Crippen LogP contribution in [0.15, 0.2) is 50.5 Å². The van der Waals surface area contributed by atoms with E-state index in [1.54, 1.807) is 25.2 Å². The van der Waals surface area contributed by atoms with Gasteiger partial charge in [-0.25, -0.2) is 4.79 Å². The van der Waals surface area contributed by atoms with E-state index in [-0.39, 0.29) is 11.5 Å². The summed E-state index contributed by atoms with van der Waals surface area (Å²) >= 11 is 0. The Balaban J connectivity index is 1.92. The van der Waals surface area contributed by atoms with Crippen molar-refractivity contribution >= 4 is 22.7 Å². The Morgan fingerprint density at radius 1 is 1.24 bits per heavy atom. The van der Waals surface area contributed by atoms with Crippen molar-refractivity contribution in [2.24, 2.45) is 7.05 Å². The molecule has 0 aliphatic heterocycles. The molecule has 2 heterocycles. The van der Waals surface area contributed by atoms with Gasteiger partial charge in [-0.3, -0.25) is 14.2 Å². The van der Waals surface area contributed by atoms with Crippen LogP contribution in [0.1, 0.15) is 10.4 Å². The van der Waals surface area contributed by atoms with Gasteiger partial charge < -0.3 is 14.7 Å². The number of amides is 1. The van der Waals surface area contributed by atoms with Gasteiger partial charge in [0.15, 0.2) is 5.58 Å². The molecular weight excluding hydrogens is 274 g/mol. The number of rotatable bonds is 2. The lowest BCUT2D eigenvalue weighted by Crippen LogP contribution is -2.14. The highest BCUT2D eigenvalue weighted by Crippen LogP contribution is 2.18. The van der Waals surface area contributed by atoms with Crippen molar-refractivity contribution in [2.75, 3.05) is 5.32 Å². The van der Waals surface area contributed by atoms with Crippen molar-refractivity contribution in [1.29, 1.82) is 0 Å². The molecule has 3 aromatic rings. The number of hydrogen-bond acceptors (Lipinski definition) is 4. The van der Waals surface area contributed by atoms with Gasteiger partial charge in [-0.05, 0) is 24.3 Å². The topological polar surface area (TPSA) is 97.1 Å². The Labute approximate surface area is 117 Å². The van der Waals surface area contributed by atoms with Crippen LogP contribution in [0.2, 0.25) is 0 Å². The summed E-state index contributed by atoms with van der Waals surface area (Å²) in [4.78, 5) is 36.8. The van der Waals surface area contributed by atoms with E-state index in [9.17, 15) is 14.4 Å². The Bertz CT molecular complexity index is 928. The van der Waals surface area contributed by atoms with E-state index in [1.165, 1.54) is 22.9 Å². The zero-order valence-corrected chi connectivity index (χ0v) is 11.0. The lowest BCUT2D eigenvalue weighted by Gasteiger charge is -2.05. The molecule has 0 aliphatic rings. The highest BCUT2D eigenvalue weighted by atomic mass is 16.4. The van der Waals surface area contributed by atoms with Crippen molar-refractivity contribution in [3.8, 4) is 0 Å². The average Bonchev–Trinajstić information content (AvgIpc) is 2.75. The third-order valence-corrected chi connectivity index (χ3v) is 3.10. The average molecular weight is 285 g/mol. The fraction of sp³-hybridized carbons (Fsp3) is 0.0714. The third kappa shape index (κ3) is 2.36. The second-order valence-corrected chi connectivity index (χ2v) is 4.51. The zero-order chi connectivity index (χ0) is 15.0. The molecule has 21 heavy (non-hydrogen) atoms. The molecule has 2 aromatic heterocycles. The first kappa shape index (κ1) is 12.9. The first-order valence-corrected chi connectivity index (χ1v) is 6.14. The molecule has 2 N–H and O–H groups in total. The number of anilines is 1. The summed E-state index contributed by atoms with van der Waals surface area (Å²) in [7, 11) is 1.59. The van der Waals surface area contributed by atoms with Crippen LogP contribution < -0.4 is 16.6 Å². The van der Waals surface area contributed by atoms with Gasteiger partial charge in [-0.15, -0.1) is 0 Å². The van der Waals surface area contributed by atoms with Crippen LogP contribution in [-0.2, 0) is 7.05 Å². The maximum Gasteiger partial charge on any atom is 0.419 e. The van der Waals surface area contributed by atoms with Crippen molar-refractivity contribution in [3.63, 3.8) is 0 Å². The molecule has 7 heteroatoms. The fourth-order valence-corrected chi connectivity index (χ4v) is 1.96. The van der Waals surface area contributed by atoms with Crippen molar-refractivity contribution in [2.45, 2.75) is 0 Å². The minimum atomic E-state index is -0.464. The molecule has 0 aliphatic carbocycles. The van der Waals surface area contributed by atoms with E-state index in [1.807, 2.05) is 0 Å². The number of pyridine rings is 1. The van der Waals surface area contributed by atoms with E-state index in [4.69, 9.17) is 4.42 Å². The lowest BCUT2D eigenvalue weighted by atomic mass is 10.2. The molecule has 0 saturated carbocycles. The molecule has 0 spiro atoms. The van der Waals surface area contributed by atoms with Crippen LogP contribution in [0, 0.1) is 0 Å². The van der Waals surface area contributed by atoms with Crippen LogP contribution in [0.5, 0.6) is 0 Å². The van der Waals surface area contributed by atoms with Gasteiger partial charge in [-0.1, -0.05) is 0 Å². The molecule has 106 valence electrons. The number of oxazole rings is 1. The van der Waals surface area contributed by atoms with E-state index in [0.29, 0.717) is 22.4 Å². The van der Waals surface area contributed by atoms with Gasteiger partial charge in [0.05, 0.1) is 11.1 Å². The first-order valence-electron chi connectivity index (χ1n) is 6.14. The molecule has 1 amide bonds. The Morgan fingerprint density at radius 3 is 2.76 bits per heavy atom. The summed E-state index contributed by atoms with van der Waals surface area (Å²) in [5.41, 5.74) is 1.61. The number of fused-ring (bicyclic) bond motifs is 1. The third-order valence-electron chi connectivity index (χ3n) is 3.10. The first-order chi connectivity index (χ1) is 10.0. The second-order valence-electron chi connectivity index (χ2n) is 4.51. The highest BCUT2D eigenvalue weighted by molar-refractivity contribution is 6.04. The van der Waals surface area contributed by atoms with Crippen LogP contribution in [0.25, 0.3) is 11.1 Å². The number of H-pyrrole nitrogens is 1. The van der Waals surface area contributed by atoms with Crippen LogP contribution in [0.4, 0.5) is 5.69 Å². The number of benzene rings is 1.